The third-order valence-corrected chi connectivity index (χ3v) is 4.99. The lowest BCUT2D eigenvalue weighted by molar-refractivity contribution is 0.0601. The number of carbonyl (C=O) groups excluding carboxylic acids is 1. The van der Waals surface area contributed by atoms with Crippen LogP contribution in [-0.4, -0.2) is 33.2 Å². The first-order chi connectivity index (χ1) is 14.1. The molecule has 0 spiro atoms. The molecule has 0 atom stereocenters. The van der Waals surface area contributed by atoms with Gasteiger partial charge in [-0.2, -0.15) is 0 Å². The highest BCUT2D eigenvalue weighted by molar-refractivity contribution is 7.98. The predicted octanol–water partition coefficient (Wildman–Crippen LogP) is 2.98. The number of aromatic nitrogens is 4. The highest BCUT2D eigenvalue weighted by Crippen LogP contribution is 2.21. The van der Waals surface area contributed by atoms with Gasteiger partial charge < -0.3 is 14.1 Å². The Labute approximate surface area is 169 Å². The fourth-order valence-electron chi connectivity index (χ4n) is 2.77. The zero-order chi connectivity index (χ0) is 20.2. The first kappa shape index (κ1) is 18.9. The van der Waals surface area contributed by atoms with Crippen LogP contribution in [0.4, 0.5) is 0 Å². The standard InChI is InChI=1S/C20H16N4O4S/c1-27-19(26)13-7-8-14-15(10-13)21-16(22-18(14)25)11-29-20-24-23-17(28-20)9-12-5-3-2-4-6-12/h2-8,10H,9,11H2,1H3,(H,21,22,25). The molecule has 1 N–H and O–H groups in total. The minimum absolute atomic E-state index is 0.280. The number of benzene rings is 2. The molecule has 9 heteroatoms. The van der Waals surface area contributed by atoms with Gasteiger partial charge >= 0.3 is 5.97 Å². The lowest BCUT2D eigenvalue weighted by atomic mass is 10.1. The van der Waals surface area contributed by atoms with Crippen molar-refractivity contribution >= 4 is 28.6 Å². The van der Waals surface area contributed by atoms with Gasteiger partial charge in [-0.15, -0.1) is 10.2 Å². The lowest BCUT2D eigenvalue weighted by Gasteiger charge is -2.04. The number of esters is 1. The van der Waals surface area contributed by atoms with Gasteiger partial charge in [0.15, 0.2) is 0 Å². The normalized spacial score (nSPS) is 10.9. The fraction of sp³-hybridized carbons (Fsp3) is 0.150. The predicted molar refractivity (Wildman–Crippen MR) is 107 cm³/mol. The molecule has 0 radical (unpaired) electrons. The molecule has 0 aliphatic heterocycles. The number of rotatable bonds is 6. The number of methoxy groups -OCH3 is 1. The van der Waals surface area contributed by atoms with Crippen molar-refractivity contribution in [2.45, 2.75) is 17.4 Å². The van der Waals surface area contributed by atoms with Gasteiger partial charge in [0.05, 0.1) is 35.7 Å². The maximum atomic E-state index is 12.3. The third kappa shape index (κ3) is 4.35. The second kappa shape index (κ2) is 8.27. The van der Waals surface area contributed by atoms with E-state index < -0.39 is 5.97 Å². The number of thioether (sulfide) groups is 1. The third-order valence-electron chi connectivity index (χ3n) is 4.16. The molecule has 0 fully saturated rings. The van der Waals surface area contributed by atoms with Crippen LogP contribution in [0.1, 0.15) is 27.6 Å². The monoisotopic (exact) mass is 408 g/mol. The lowest BCUT2D eigenvalue weighted by Crippen LogP contribution is -2.12. The van der Waals surface area contributed by atoms with Crippen LogP contribution in [0.5, 0.6) is 0 Å². The molecule has 0 bridgehead atoms. The Morgan fingerprint density at radius 2 is 2.00 bits per heavy atom. The van der Waals surface area contributed by atoms with E-state index >= 15 is 0 Å². The molecule has 0 aliphatic rings. The molecule has 8 nitrogen and oxygen atoms in total. The van der Waals surface area contributed by atoms with Crippen LogP contribution in [0.15, 0.2) is 63.0 Å². The van der Waals surface area contributed by atoms with Gasteiger partial charge in [0.25, 0.3) is 10.8 Å². The van der Waals surface area contributed by atoms with Gasteiger partial charge in [-0.3, -0.25) is 4.79 Å². The minimum atomic E-state index is -0.485. The summed E-state index contributed by atoms with van der Waals surface area (Å²) in [7, 11) is 1.30. The van der Waals surface area contributed by atoms with E-state index in [1.165, 1.54) is 31.0 Å². The second-order valence-corrected chi connectivity index (χ2v) is 7.08. The first-order valence-corrected chi connectivity index (χ1v) is 9.71. The van der Waals surface area contributed by atoms with E-state index in [1.807, 2.05) is 30.3 Å². The Bertz CT molecular complexity index is 1220. The van der Waals surface area contributed by atoms with Crippen LogP contribution in [-0.2, 0) is 16.9 Å². The van der Waals surface area contributed by atoms with Crippen LogP contribution < -0.4 is 5.56 Å². The van der Waals surface area contributed by atoms with Crippen molar-refractivity contribution in [2.75, 3.05) is 7.11 Å². The molecule has 0 saturated heterocycles. The van der Waals surface area contributed by atoms with Crippen molar-refractivity contribution in [3.05, 3.63) is 81.7 Å². The number of ether oxygens (including phenoxy) is 1. The number of hydrogen-bond acceptors (Lipinski definition) is 8. The van der Waals surface area contributed by atoms with Crippen molar-refractivity contribution in [3.8, 4) is 0 Å². The second-order valence-electron chi connectivity index (χ2n) is 6.15. The molecule has 4 rings (SSSR count). The van der Waals surface area contributed by atoms with Crippen LogP contribution in [0.3, 0.4) is 0 Å². The Morgan fingerprint density at radius 1 is 1.17 bits per heavy atom. The molecule has 2 aromatic carbocycles. The van der Waals surface area contributed by atoms with E-state index in [2.05, 4.69) is 20.2 Å². The quantitative estimate of drug-likeness (QED) is 0.383. The zero-order valence-electron chi connectivity index (χ0n) is 15.4. The highest BCUT2D eigenvalue weighted by atomic mass is 32.2. The van der Waals surface area contributed by atoms with E-state index in [-0.39, 0.29) is 5.56 Å². The highest BCUT2D eigenvalue weighted by Gasteiger charge is 2.12. The van der Waals surface area contributed by atoms with E-state index in [9.17, 15) is 9.59 Å². The zero-order valence-corrected chi connectivity index (χ0v) is 16.2. The number of fused-ring (bicyclic) bond motifs is 1. The summed E-state index contributed by atoms with van der Waals surface area (Å²) in [6.07, 6.45) is 0.551. The Hall–Kier alpha value is -3.46. The molecule has 2 heterocycles. The largest absolute Gasteiger partial charge is 0.465 e. The van der Waals surface area contributed by atoms with Crippen molar-refractivity contribution in [3.63, 3.8) is 0 Å². The molecule has 0 unspecified atom stereocenters. The summed E-state index contributed by atoms with van der Waals surface area (Å²) in [6.45, 7) is 0. The maximum Gasteiger partial charge on any atom is 0.337 e. The topological polar surface area (TPSA) is 111 Å². The first-order valence-electron chi connectivity index (χ1n) is 8.73. The van der Waals surface area contributed by atoms with E-state index in [1.54, 1.807) is 6.07 Å². The van der Waals surface area contributed by atoms with Crippen molar-refractivity contribution < 1.29 is 13.9 Å². The molecular formula is C20H16N4O4S. The average molecular weight is 408 g/mol. The molecule has 146 valence electrons. The van der Waals surface area contributed by atoms with Gasteiger partial charge in [0, 0.05) is 0 Å². The Morgan fingerprint density at radius 3 is 2.79 bits per heavy atom. The fourth-order valence-corrected chi connectivity index (χ4v) is 3.42. The van der Waals surface area contributed by atoms with Crippen LogP contribution in [0, 0.1) is 0 Å². The van der Waals surface area contributed by atoms with Crippen molar-refractivity contribution in [1.29, 1.82) is 0 Å². The van der Waals surface area contributed by atoms with Crippen LogP contribution in [0.25, 0.3) is 10.9 Å². The van der Waals surface area contributed by atoms with Gasteiger partial charge in [0.1, 0.15) is 5.82 Å². The number of nitrogens with one attached hydrogen (secondary N) is 1. The number of hydrogen-bond donors (Lipinski definition) is 1. The van der Waals surface area contributed by atoms with E-state index in [4.69, 9.17) is 9.15 Å². The Balaban J connectivity index is 1.49. The maximum absolute atomic E-state index is 12.3. The number of H-pyrrole nitrogens is 1. The van der Waals surface area contributed by atoms with E-state index in [0.717, 1.165) is 5.56 Å². The van der Waals surface area contributed by atoms with Crippen molar-refractivity contribution in [1.82, 2.24) is 20.2 Å². The van der Waals surface area contributed by atoms with Crippen LogP contribution in [0.2, 0.25) is 0 Å². The number of aromatic amines is 1. The molecule has 0 saturated carbocycles. The molecule has 4 aromatic rings. The Kier molecular flexibility index (Phi) is 5.39. The molecule has 29 heavy (non-hydrogen) atoms. The summed E-state index contributed by atoms with van der Waals surface area (Å²) in [6, 6.07) is 14.5. The summed E-state index contributed by atoms with van der Waals surface area (Å²) in [5, 5.41) is 8.86. The molecule has 0 amide bonds. The smallest absolute Gasteiger partial charge is 0.337 e. The van der Waals surface area contributed by atoms with Gasteiger partial charge in [-0.05, 0) is 23.8 Å². The van der Waals surface area contributed by atoms with Crippen molar-refractivity contribution in [2.24, 2.45) is 0 Å². The summed E-state index contributed by atoms with van der Waals surface area (Å²) in [4.78, 5) is 31.2. The van der Waals surface area contributed by atoms with Gasteiger partial charge in [-0.25, -0.2) is 9.78 Å². The van der Waals surface area contributed by atoms with Gasteiger partial charge in [-0.1, -0.05) is 42.1 Å². The minimum Gasteiger partial charge on any atom is -0.465 e. The number of carbonyl (C=O) groups is 1. The summed E-state index contributed by atoms with van der Waals surface area (Å²) < 4.78 is 10.4. The SMILES string of the molecule is COC(=O)c1ccc2c(=O)[nH]c(CSc3nnc(Cc4ccccc4)o3)nc2c1. The summed E-state index contributed by atoms with van der Waals surface area (Å²) >= 11 is 1.27. The summed E-state index contributed by atoms with van der Waals surface area (Å²) in [5.41, 5.74) is 1.55. The molecule has 0 aliphatic carbocycles. The van der Waals surface area contributed by atoms with Gasteiger partial charge in [0.2, 0.25) is 5.89 Å². The number of nitrogens with zero attached hydrogens (tertiary/aromatic N) is 3. The summed E-state index contributed by atoms with van der Waals surface area (Å²) in [5.74, 6) is 0.807. The molecular weight excluding hydrogens is 392 g/mol. The average Bonchev–Trinajstić information content (AvgIpc) is 3.19. The van der Waals surface area contributed by atoms with E-state index in [0.29, 0.717) is 45.6 Å². The molecule has 2 aromatic heterocycles. The van der Waals surface area contributed by atoms with Crippen LogP contribution >= 0.6 is 11.8 Å².